The van der Waals surface area contributed by atoms with E-state index >= 15 is 0 Å². The Hall–Kier alpha value is -0.980. The minimum atomic E-state index is -3.29. The van der Waals surface area contributed by atoms with Gasteiger partial charge in [-0.25, -0.2) is 12.8 Å². The average molecular weight is 500 g/mol. The third-order valence-corrected chi connectivity index (χ3v) is 5.71. The lowest BCUT2D eigenvalue weighted by Gasteiger charge is -2.26. The second-order valence-corrected chi connectivity index (χ2v) is 7.72. The highest BCUT2D eigenvalue weighted by Crippen LogP contribution is 2.05. The second-order valence-electron chi connectivity index (χ2n) is 5.63. The first kappa shape index (κ1) is 23.1. The lowest BCUT2D eigenvalue weighted by molar-refractivity contribution is 0.0730. The monoisotopic (exact) mass is 500 g/mol. The van der Waals surface area contributed by atoms with Crippen molar-refractivity contribution in [3.8, 4) is 0 Å². The molecule has 1 heterocycles. The standard InChI is InChI=1S/C16H25FN4O3S.HI/c1-18-16(19-6-5-14-3-2-4-15(17)13-14)20-7-12-25(22,23)21-8-10-24-11-9-21;/h2-4,13H,5-12H2,1H3,(H2,18,19,20);1H. The Kier molecular flexibility index (Phi) is 10.4. The molecule has 1 saturated heterocycles. The van der Waals surface area contributed by atoms with Gasteiger partial charge >= 0.3 is 0 Å². The Balaban J connectivity index is 0.00000338. The van der Waals surface area contributed by atoms with Crippen molar-refractivity contribution in [3.63, 3.8) is 0 Å². The van der Waals surface area contributed by atoms with E-state index in [9.17, 15) is 12.8 Å². The van der Waals surface area contributed by atoms with Crippen LogP contribution in [-0.4, -0.2) is 70.9 Å². The number of sulfonamides is 1. The van der Waals surface area contributed by atoms with Gasteiger partial charge in [0.15, 0.2) is 5.96 Å². The molecule has 2 N–H and O–H groups in total. The summed E-state index contributed by atoms with van der Waals surface area (Å²) in [6.45, 7) is 2.52. The second kappa shape index (κ2) is 11.7. The predicted molar refractivity (Wildman–Crippen MR) is 111 cm³/mol. The summed E-state index contributed by atoms with van der Waals surface area (Å²) in [5.41, 5.74) is 0.887. The van der Waals surface area contributed by atoms with Gasteiger partial charge in [-0.3, -0.25) is 4.99 Å². The maximum atomic E-state index is 13.1. The van der Waals surface area contributed by atoms with Gasteiger partial charge in [0.25, 0.3) is 0 Å². The molecular weight excluding hydrogens is 474 g/mol. The fraction of sp³-hybridized carbons (Fsp3) is 0.562. The molecule has 0 atom stereocenters. The van der Waals surface area contributed by atoms with E-state index < -0.39 is 10.0 Å². The number of halogens is 2. The number of ether oxygens (including phenoxy) is 1. The molecule has 0 amide bonds. The SMILES string of the molecule is CN=C(NCCc1cccc(F)c1)NCCS(=O)(=O)N1CCOCC1.I. The molecule has 0 aliphatic carbocycles. The molecule has 0 aromatic heterocycles. The molecule has 148 valence electrons. The number of rotatable bonds is 7. The normalized spacial score (nSPS) is 16.0. The van der Waals surface area contributed by atoms with Crippen LogP contribution in [-0.2, 0) is 21.2 Å². The number of morpholine rings is 1. The summed E-state index contributed by atoms with van der Waals surface area (Å²) in [6, 6.07) is 6.43. The third-order valence-electron chi connectivity index (χ3n) is 3.83. The highest BCUT2D eigenvalue weighted by atomic mass is 127. The fourth-order valence-electron chi connectivity index (χ4n) is 2.49. The van der Waals surface area contributed by atoms with Crippen molar-refractivity contribution in [2.45, 2.75) is 6.42 Å². The van der Waals surface area contributed by atoms with Crippen molar-refractivity contribution in [2.24, 2.45) is 4.99 Å². The van der Waals surface area contributed by atoms with Crippen LogP contribution in [0.5, 0.6) is 0 Å². The fourth-order valence-corrected chi connectivity index (χ4v) is 3.81. The Morgan fingerprint density at radius 2 is 1.96 bits per heavy atom. The molecule has 1 aromatic rings. The van der Waals surface area contributed by atoms with E-state index in [4.69, 9.17) is 4.74 Å². The molecule has 26 heavy (non-hydrogen) atoms. The van der Waals surface area contributed by atoms with Crippen LogP contribution >= 0.6 is 24.0 Å². The van der Waals surface area contributed by atoms with Crippen LogP contribution in [0.25, 0.3) is 0 Å². The largest absolute Gasteiger partial charge is 0.379 e. The number of hydrogen-bond acceptors (Lipinski definition) is 4. The van der Waals surface area contributed by atoms with Gasteiger partial charge in [0, 0.05) is 33.2 Å². The average Bonchev–Trinajstić information content (AvgIpc) is 2.61. The first-order valence-electron chi connectivity index (χ1n) is 8.26. The van der Waals surface area contributed by atoms with E-state index in [1.54, 1.807) is 13.1 Å². The van der Waals surface area contributed by atoms with E-state index in [-0.39, 0.29) is 42.1 Å². The first-order chi connectivity index (χ1) is 12.0. The van der Waals surface area contributed by atoms with Crippen molar-refractivity contribution in [1.29, 1.82) is 0 Å². The summed E-state index contributed by atoms with van der Waals surface area (Å²) in [5.74, 6) is 0.263. The molecule has 1 aliphatic rings. The molecule has 0 unspecified atom stereocenters. The number of nitrogens with zero attached hydrogens (tertiary/aromatic N) is 2. The zero-order valence-corrected chi connectivity index (χ0v) is 17.9. The van der Waals surface area contributed by atoms with Crippen LogP contribution < -0.4 is 10.6 Å². The molecule has 0 spiro atoms. The first-order valence-corrected chi connectivity index (χ1v) is 9.87. The number of aliphatic imine (C=N–C) groups is 1. The Morgan fingerprint density at radius 1 is 1.27 bits per heavy atom. The summed E-state index contributed by atoms with van der Waals surface area (Å²) in [6.07, 6.45) is 0.643. The van der Waals surface area contributed by atoms with Gasteiger partial charge in [-0.05, 0) is 24.1 Å². The molecule has 1 aromatic carbocycles. The summed E-state index contributed by atoms with van der Waals surface area (Å²) in [4.78, 5) is 4.06. The zero-order chi connectivity index (χ0) is 18.1. The van der Waals surface area contributed by atoms with E-state index in [2.05, 4.69) is 15.6 Å². The van der Waals surface area contributed by atoms with Crippen molar-refractivity contribution < 1.29 is 17.5 Å². The van der Waals surface area contributed by atoms with Crippen LogP contribution in [0.15, 0.2) is 29.3 Å². The highest BCUT2D eigenvalue weighted by molar-refractivity contribution is 14.0. The van der Waals surface area contributed by atoms with E-state index in [0.29, 0.717) is 45.2 Å². The quantitative estimate of drug-likeness (QED) is 0.329. The summed E-state index contributed by atoms with van der Waals surface area (Å²) < 4.78 is 44.2. The van der Waals surface area contributed by atoms with E-state index in [0.717, 1.165) is 5.56 Å². The Morgan fingerprint density at radius 3 is 2.62 bits per heavy atom. The van der Waals surface area contributed by atoms with Gasteiger partial charge in [0.2, 0.25) is 10.0 Å². The van der Waals surface area contributed by atoms with Crippen molar-refractivity contribution in [3.05, 3.63) is 35.6 Å². The molecule has 0 bridgehead atoms. The molecule has 1 aliphatic heterocycles. The number of benzene rings is 1. The summed E-state index contributed by atoms with van der Waals surface area (Å²) >= 11 is 0. The van der Waals surface area contributed by atoms with Gasteiger partial charge in [0.05, 0.1) is 19.0 Å². The maximum Gasteiger partial charge on any atom is 0.215 e. The van der Waals surface area contributed by atoms with Crippen molar-refractivity contribution >= 4 is 40.0 Å². The smallest absolute Gasteiger partial charge is 0.215 e. The summed E-state index contributed by atoms with van der Waals surface area (Å²) in [7, 11) is -1.67. The molecule has 7 nitrogen and oxygen atoms in total. The minimum absolute atomic E-state index is 0. The minimum Gasteiger partial charge on any atom is -0.379 e. The Bertz CT molecular complexity index is 682. The zero-order valence-electron chi connectivity index (χ0n) is 14.8. The van der Waals surface area contributed by atoms with Crippen molar-refractivity contribution in [2.75, 3.05) is 52.2 Å². The van der Waals surface area contributed by atoms with Gasteiger partial charge in [-0.2, -0.15) is 4.31 Å². The van der Waals surface area contributed by atoms with Gasteiger partial charge in [-0.15, -0.1) is 24.0 Å². The van der Waals surface area contributed by atoms with Gasteiger partial charge in [-0.1, -0.05) is 12.1 Å². The van der Waals surface area contributed by atoms with E-state index in [1.165, 1.54) is 16.4 Å². The summed E-state index contributed by atoms with van der Waals surface area (Å²) in [5, 5.41) is 6.08. The van der Waals surface area contributed by atoms with Crippen LogP contribution in [0.2, 0.25) is 0 Å². The number of nitrogens with one attached hydrogen (secondary N) is 2. The number of guanidine groups is 1. The Labute approximate surface area is 171 Å². The van der Waals surface area contributed by atoms with E-state index in [1.807, 2.05) is 6.07 Å². The molecular formula is C16H26FIN4O3S. The maximum absolute atomic E-state index is 13.1. The van der Waals surface area contributed by atoms with Crippen LogP contribution in [0, 0.1) is 5.82 Å². The lowest BCUT2D eigenvalue weighted by Crippen LogP contribution is -2.45. The number of hydrogen-bond donors (Lipinski definition) is 2. The van der Waals surface area contributed by atoms with Crippen LogP contribution in [0.4, 0.5) is 4.39 Å². The molecule has 10 heteroatoms. The van der Waals surface area contributed by atoms with Crippen LogP contribution in [0.3, 0.4) is 0 Å². The molecule has 2 rings (SSSR count). The molecule has 0 saturated carbocycles. The van der Waals surface area contributed by atoms with Crippen LogP contribution in [0.1, 0.15) is 5.56 Å². The molecule has 1 fully saturated rings. The third kappa shape index (κ3) is 7.72. The highest BCUT2D eigenvalue weighted by Gasteiger charge is 2.23. The predicted octanol–water partition coefficient (Wildman–Crippen LogP) is 0.813. The topological polar surface area (TPSA) is 83.0 Å². The van der Waals surface area contributed by atoms with Gasteiger partial charge in [0.1, 0.15) is 5.82 Å². The van der Waals surface area contributed by atoms with Gasteiger partial charge < -0.3 is 15.4 Å². The lowest BCUT2D eigenvalue weighted by atomic mass is 10.1. The molecule has 0 radical (unpaired) electrons. The van der Waals surface area contributed by atoms with Crippen molar-refractivity contribution in [1.82, 2.24) is 14.9 Å².